The molecule has 1 aliphatic rings. The zero-order chi connectivity index (χ0) is 18.4. The second-order valence-corrected chi connectivity index (χ2v) is 6.06. The molecule has 0 saturated carbocycles. The van der Waals surface area contributed by atoms with Gasteiger partial charge in [-0.15, -0.1) is 0 Å². The first-order valence-electron chi connectivity index (χ1n) is 8.34. The van der Waals surface area contributed by atoms with E-state index in [4.69, 9.17) is 20.6 Å². The lowest BCUT2D eigenvalue weighted by atomic mass is 10.0. The Morgan fingerprint density at radius 3 is 2.42 bits per heavy atom. The lowest BCUT2D eigenvalue weighted by Gasteiger charge is -2.10. The summed E-state index contributed by atoms with van der Waals surface area (Å²) in [4.78, 5) is 11.0. The van der Waals surface area contributed by atoms with E-state index in [1.54, 1.807) is 6.08 Å². The Balaban J connectivity index is 1.54. The van der Waals surface area contributed by atoms with Crippen molar-refractivity contribution in [2.45, 2.75) is 12.5 Å². The average molecular weight is 351 g/mol. The summed E-state index contributed by atoms with van der Waals surface area (Å²) in [7, 11) is 0. The van der Waals surface area contributed by atoms with E-state index in [1.807, 2.05) is 48.5 Å². The van der Waals surface area contributed by atoms with Gasteiger partial charge in [-0.1, -0.05) is 36.4 Å². The van der Waals surface area contributed by atoms with Crippen LogP contribution in [-0.2, 0) is 11.2 Å². The lowest BCUT2D eigenvalue weighted by molar-refractivity contribution is 0.174. The van der Waals surface area contributed by atoms with Gasteiger partial charge >= 0.3 is 6.09 Å². The molecule has 1 heterocycles. The molecule has 0 bridgehead atoms. The predicted octanol–water partition coefficient (Wildman–Crippen LogP) is 2.71. The van der Waals surface area contributed by atoms with Crippen molar-refractivity contribution in [3.63, 3.8) is 0 Å². The van der Waals surface area contributed by atoms with Crippen LogP contribution in [0.4, 0.5) is 4.79 Å². The largest absolute Gasteiger partial charge is 0.491 e. The van der Waals surface area contributed by atoms with Crippen LogP contribution in [0.1, 0.15) is 16.7 Å². The van der Waals surface area contributed by atoms with Crippen LogP contribution in [-0.4, -0.2) is 31.6 Å². The highest BCUT2D eigenvalue weighted by Crippen LogP contribution is 2.17. The molecule has 1 amide bonds. The zero-order valence-electron chi connectivity index (χ0n) is 14.3. The standard InChI is InChI=1S/C20H21N3O3/c21-10-9-19(22)16-5-1-14(2-6-16)11-15-3-7-18(8-4-15)25-12-17-13-26-20(24)23-17/h1-10,17,21H,11-13,22H2,(H,23,24)/b19-9-,21-10?/t17-/m0/s1. The Morgan fingerprint density at radius 1 is 1.19 bits per heavy atom. The number of nitrogens with one attached hydrogen (secondary N) is 2. The zero-order valence-corrected chi connectivity index (χ0v) is 14.3. The van der Waals surface area contributed by atoms with Gasteiger partial charge in [0.2, 0.25) is 0 Å². The van der Waals surface area contributed by atoms with Crippen LogP contribution in [0.3, 0.4) is 0 Å². The van der Waals surface area contributed by atoms with Gasteiger partial charge < -0.3 is 25.9 Å². The number of allylic oxidation sites excluding steroid dienone is 1. The molecule has 134 valence electrons. The molecule has 0 aromatic heterocycles. The third-order valence-electron chi connectivity index (χ3n) is 4.07. The third-order valence-corrected chi connectivity index (χ3v) is 4.07. The van der Waals surface area contributed by atoms with E-state index in [9.17, 15) is 4.79 Å². The van der Waals surface area contributed by atoms with Crippen molar-refractivity contribution >= 4 is 18.0 Å². The summed E-state index contributed by atoms with van der Waals surface area (Å²) in [5.74, 6) is 0.759. The molecule has 1 aliphatic heterocycles. The van der Waals surface area contributed by atoms with Gasteiger partial charge in [0.15, 0.2) is 0 Å². The highest BCUT2D eigenvalue weighted by atomic mass is 16.6. The highest BCUT2D eigenvalue weighted by Gasteiger charge is 2.22. The molecule has 1 fully saturated rings. The van der Waals surface area contributed by atoms with Crippen LogP contribution in [0.15, 0.2) is 54.6 Å². The molecule has 0 aliphatic carbocycles. The quantitative estimate of drug-likeness (QED) is 0.668. The van der Waals surface area contributed by atoms with Crippen LogP contribution < -0.4 is 15.8 Å². The summed E-state index contributed by atoms with van der Waals surface area (Å²) in [5, 5.41) is 9.74. The van der Waals surface area contributed by atoms with E-state index in [-0.39, 0.29) is 6.04 Å². The average Bonchev–Trinajstić information content (AvgIpc) is 3.07. The van der Waals surface area contributed by atoms with Gasteiger partial charge in [0.25, 0.3) is 0 Å². The normalized spacial score (nSPS) is 16.7. The van der Waals surface area contributed by atoms with Crippen molar-refractivity contribution in [1.82, 2.24) is 5.32 Å². The number of ether oxygens (including phenoxy) is 2. The van der Waals surface area contributed by atoms with E-state index >= 15 is 0 Å². The number of alkyl carbamates (subject to hydrolysis) is 1. The van der Waals surface area contributed by atoms with Gasteiger partial charge in [-0.25, -0.2) is 4.79 Å². The van der Waals surface area contributed by atoms with Crippen LogP contribution >= 0.6 is 0 Å². The molecule has 6 heteroatoms. The second-order valence-electron chi connectivity index (χ2n) is 6.06. The van der Waals surface area contributed by atoms with Gasteiger partial charge in [0.05, 0.1) is 0 Å². The molecule has 2 aromatic rings. The summed E-state index contributed by atoms with van der Waals surface area (Å²) in [6.45, 7) is 0.726. The maximum Gasteiger partial charge on any atom is 0.407 e. The van der Waals surface area contributed by atoms with Gasteiger partial charge in [-0.2, -0.15) is 0 Å². The number of amides is 1. The first kappa shape index (κ1) is 17.5. The van der Waals surface area contributed by atoms with E-state index < -0.39 is 6.09 Å². The number of carbonyl (C=O) groups is 1. The number of hydrogen-bond donors (Lipinski definition) is 3. The smallest absolute Gasteiger partial charge is 0.407 e. The summed E-state index contributed by atoms with van der Waals surface area (Å²) >= 11 is 0. The molecule has 4 N–H and O–H groups in total. The molecule has 6 nitrogen and oxygen atoms in total. The summed E-state index contributed by atoms with van der Waals surface area (Å²) in [6, 6.07) is 15.8. The maximum absolute atomic E-state index is 11.0. The molecule has 0 radical (unpaired) electrons. The van der Waals surface area contributed by atoms with Gasteiger partial charge in [-0.3, -0.25) is 0 Å². The second kappa shape index (κ2) is 8.20. The van der Waals surface area contributed by atoms with E-state index in [2.05, 4.69) is 5.32 Å². The van der Waals surface area contributed by atoms with Crippen molar-refractivity contribution in [3.8, 4) is 5.75 Å². The van der Waals surface area contributed by atoms with Gasteiger partial charge in [0, 0.05) is 11.9 Å². The number of benzene rings is 2. The van der Waals surface area contributed by atoms with E-state index in [0.29, 0.717) is 18.9 Å². The minimum atomic E-state index is -0.393. The monoisotopic (exact) mass is 351 g/mol. The molecular weight excluding hydrogens is 330 g/mol. The molecule has 1 saturated heterocycles. The number of cyclic esters (lactones) is 1. The van der Waals surface area contributed by atoms with Gasteiger partial charge in [-0.05, 0) is 41.3 Å². The summed E-state index contributed by atoms with van der Waals surface area (Å²) in [5.41, 5.74) is 9.71. The maximum atomic E-state index is 11.0. The number of nitrogens with two attached hydrogens (primary N) is 1. The Labute approximate surface area is 152 Å². The van der Waals surface area contributed by atoms with Crippen molar-refractivity contribution in [1.29, 1.82) is 5.41 Å². The van der Waals surface area contributed by atoms with E-state index in [1.165, 1.54) is 17.3 Å². The highest BCUT2D eigenvalue weighted by molar-refractivity contribution is 5.81. The number of hydrogen-bond acceptors (Lipinski definition) is 5. The molecular formula is C20H21N3O3. The topological polar surface area (TPSA) is 97.4 Å². The summed E-state index contributed by atoms with van der Waals surface area (Å²) < 4.78 is 10.5. The number of carbonyl (C=O) groups excluding carboxylic acids is 1. The molecule has 0 unspecified atom stereocenters. The van der Waals surface area contributed by atoms with Crippen molar-refractivity contribution in [3.05, 3.63) is 71.3 Å². The Kier molecular flexibility index (Phi) is 5.53. The lowest BCUT2D eigenvalue weighted by Crippen LogP contribution is -2.32. The predicted molar refractivity (Wildman–Crippen MR) is 100 cm³/mol. The Bertz CT molecular complexity index is 798. The van der Waals surface area contributed by atoms with E-state index in [0.717, 1.165) is 17.7 Å². The molecule has 2 aromatic carbocycles. The van der Waals surface area contributed by atoms with Crippen molar-refractivity contribution in [2.24, 2.45) is 5.73 Å². The third kappa shape index (κ3) is 4.63. The fourth-order valence-corrected chi connectivity index (χ4v) is 2.65. The summed E-state index contributed by atoms with van der Waals surface area (Å²) in [6.07, 6.45) is 3.16. The minimum absolute atomic E-state index is 0.102. The number of rotatable bonds is 7. The van der Waals surface area contributed by atoms with Crippen molar-refractivity contribution in [2.75, 3.05) is 13.2 Å². The molecule has 0 spiro atoms. The molecule has 26 heavy (non-hydrogen) atoms. The van der Waals surface area contributed by atoms with Crippen LogP contribution in [0, 0.1) is 5.41 Å². The molecule has 1 atom stereocenters. The first-order valence-corrected chi connectivity index (χ1v) is 8.34. The minimum Gasteiger partial charge on any atom is -0.491 e. The van der Waals surface area contributed by atoms with Crippen LogP contribution in [0.2, 0.25) is 0 Å². The SMILES string of the molecule is N=C/C=C(\N)c1ccc(Cc2ccc(OC[C@H]3COC(=O)N3)cc2)cc1. The Hall–Kier alpha value is -3.28. The van der Waals surface area contributed by atoms with Crippen LogP contribution in [0.5, 0.6) is 5.75 Å². The fourth-order valence-electron chi connectivity index (χ4n) is 2.65. The van der Waals surface area contributed by atoms with Crippen molar-refractivity contribution < 1.29 is 14.3 Å². The Morgan fingerprint density at radius 2 is 1.85 bits per heavy atom. The van der Waals surface area contributed by atoms with Crippen LogP contribution in [0.25, 0.3) is 5.70 Å². The van der Waals surface area contributed by atoms with Gasteiger partial charge in [0.1, 0.15) is 25.0 Å². The molecule has 3 rings (SSSR count). The fraction of sp³-hybridized carbons (Fsp3) is 0.200. The first-order chi connectivity index (χ1) is 12.6.